The predicted octanol–water partition coefficient (Wildman–Crippen LogP) is 2.09. The van der Waals surface area contributed by atoms with Gasteiger partial charge in [-0.2, -0.15) is 0 Å². The molecule has 0 spiro atoms. The fourth-order valence-corrected chi connectivity index (χ4v) is 1.06. The molecule has 0 aliphatic carbocycles. The molecule has 1 rings (SSSR count). The number of hydrogen-bond acceptors (Lipinski definition) is 3. The Balaban J connectivity index is 2.52. The average molecular weight is 205 g/mol. The molecule has 1 aromatic carbocycles. The van der Waals surface area contributed by atoms with Gasteiger partial charge >= 0.3 is 5.91 Å². The third-order valence-corrected chi connectivity index (χ3v) is 1.77. The van der Waals surface area contributed by atoms with Crippen LogP contribution in [0.15, 0.2) is 42.1 Å². The number of nitroso groups, excluding NO2 is 1. The molecule has 4 nitrogen and oxygen atoms in total. The molecule has 0 N–H and O–H groups in total. The van der Waals surface area contributed by atoms with E-state index in [0.717, 1.165) is 12.0 Å². The first kappa shape index (κ1) is 11.1. The molecular formula is C11H11NO3. The van der Waals surface area contributed by atoms with E-state index in [1.54, 1.807) is 18.2 Å². The van der Waals surface area contributed by atoms with Crippen molar-refractivity contribution in [3.63, 3.8) is 0 Å². The summed E-state index contributed by atoms with van der Waals surface area (Å²) >= 11 is 0. The maximum absolute atomic E-state index is 10.5. The lowest BCUT2D eigenvalue weighted by Gasteiger charge is -2.03. The molecule has 78 valence electrons. The Morgan fingerprint density at radius 3 is 2.60 bits per heavy atom. The van der Waals surface area contributed by atoms with E-state index in [-0.39, 0.29) is 6.61 Å². The third-order valence-electron chi connectivity index (χ3n) is 1.77. The highest BCUT2D eigenvalue weighted by Gasteiger charge is 2.01. The molecule has 0 atom stereocenters. The Hall–Kier alpha value is -1.97. The third kappa shape index (κ3) is 3.72. The van der Waals surface area contributed by atoms with E-state index in [2.05, 4.69) is 11.8 Å². The molecule has 0 saturated heterocycles. The van der Waals surface area contributed by atoms with Gasteiger partial charge in [-0.15, -0.1) is 11.5 Å². The lowest BCUT2D eigenvalue weighted by atomic mass is 10.1. The zero-order chi connectivity index (χ0) is 11.1. The van der Waals surface area contributed by atoms with Gasteiger partial charge in [-0.1, -0.05) is 18.2 Å². The minimum absolute atomic E-state index is 0.315. The largest absolute Gasteiger partial charge is 0.484 e. The van der Waals surface area contributed by atoms with Gasteiger partial charge in [0, 0.05) is 5.18 Å². The van der Waals surface area contributed by atoms with Gasteiger partial charge in [-0.25, -0.2) is 0 Å². The topological polar surface area (TPSA) is 55.7 Å². The van der Waals surface area contributed by atoms with E-state index in [4.69, 9.17) is 4.74 Å². The molecule has 1 amide bonds. The lowest BCUT2D eigenvalue weighted by molar-refractivity contribution is -0.119. The normalized spacial score (nSPS) is 9.33. The van der Waals surface area contributed by atoms with Gasteiger partial charge in [-0.3, -0.25) is 4.79 Å². The summed E-state index contributed by atoms with van der Waals surface area (Å²) in [5, 5.41) is 2.22. The second kappa shape index (κ2) is 5.70. The van der Waals surface area contributed by atoms with Crippen LogP contribution in [-0.4, -0.2) is 12.5 Å². The Morgan fingerprint density at radius 1 is 1.40 bits per heavy atom. The van der Waals surface area contributed by atoms with Crippen LogP contribution >= 0.6 is 0 Å². The van der Waals surface area contributed by atoms with Crippen molar-refractivity contribution >= 4 is 5.91 Å². The Morgan fingerprint density at radius 2 is 2.07 bits per heavy atom. The predicted molar refractivity (Wildman–Crippen MR) is 56.6 cm³/mol. The Labute approximate surface area is 87.5 Å². The van der Waals surface area contributed by atoms with E-state index in [1.807, 2.05) is 12.1 Å². The number of ether oxygens (including phenoxy) is 1. The van der Waals surface area contributed by atoms with Crippen LogP contribution in [0.25, 0.3) is 0 Å². The second-order valence-electron chi connectivity index (χ2n) is 2.91. The first-order valence-corrected chi connectivity index (χ1v) is 4.45. The van der Waals surface area contributed by atoms with Gasteiger partial charge in [-0.05, 0) is 24.1 Å². The summed E-state index contributed by atoms with van der Waals surface area (Å²) in [4.78, 5) is 20.3. The van der Waals surface area contributed by atoms with Gasteiger partial charge in [0.15, 0.2) is 6.61 Å². The summed E-state index contributed by atoms with van der Waals surface area (Å²) in [6.45, 7) is 3.31. The van der Waals surface area contributed by atoms with Gasteiger partial charge in [0.05, 0.1) is 0 Å². The standard InChI is InChI=1S/C11H11NO3/c1-2-3-9-4-6-10(7-5-9)15-8-11(13)12-14/h2,4-7H,1,3,8H2. The molecule has 4 heteroatoms. The van der Waals surface area contributed by atoms with Gasteiger partial charge in [0.1, 0.15) is 5.75 Å². The van der Waals surface area contributed by atoms with Gasteiger partial charge in [0.25, 0.3) is 0 Å². The van der Waals surface area contributed by atoms with Gasteiger partial charge in [0.2, 0.25) is 0 Å². The van der Waals surface area contributed by atoms with Crippen molar-refractivity contribution in [2.45, 2.75) is 6.42 Å². The van der Waals surface area contributed by atoms with Crippen LogP contribution in [0.4, 0.5) is 0 Å². The summed E-state index contributed by atoms with van der Waals surface area (Å²) in [5.74, 6) is -0.273. The van der Waals surface area contributed by atoms with Crippen molar-refractivity contribution in [1.29, 1.82) is 0 Å². The number of nitrogens with zero attached hydrogens (tertiary/aromatic N) is 1. The minimum atomic E-state index is -0.815. The fourth-order valence-electron chi connectivity index (χ4n) is 1.06. The molecule has 0 bridgehead atoms. The average Bonchev–Trinajstić information content (AvgIpc) is 2.28. The fraction of sp³-hybridized carbons (Fsp3) is 0.182. The molecule has 0 aromatic heterocycles. The van der Waals surface area contributed by atoms with Crippen LogP contribution in [-0.2, 0) is 11.2 Å². The summed E-state index contributed by atoms with van der Waals surface area (Å²) in [5.41, 5.74) is 1.11. The molecule has 0 unspecified atom stereocenters. The number of hydrogen-bond donors (Lipinski definition) is 0. The first-order chi connectivity index (χ1) is 7.26. The quantitative estimate of drug-likeness (QED) is 0.546. The number of carbonyl (C=O) groups excluding carboxylic acids is 1. The van der Waals surface area contributed by atoms with Crippen molar-refractivity contribution in [3.05, 3.63) is 47.4 Å². The summed E-state index contributed by atoms with van der Waals surface area (Å²) in [6, 6.07) is 7.21. The zero-order valence-electron chi connectivity index (χ0n) is 8.18. The summed E-state index contributed by atoms with van der Waals surface area (Å²) in [6.07, 6.45) is 2.59. The highest BCUT2D eigenvalue weighted by Crippen LogP contribution is 2.12. The van der Waals surface area contributed by atoms with Crippen molar-refractivity contribution in [2.24, 2.45) is 5.18 Å². The minimum Gasteiger partial charge on any atom is -0.484 e. The zero-order valence-corrected chi connectivity index (χ0v) is 8.18. The highest BCUT2D eigenvalue weighted by molar-refractivity contribution is 5.78. The number of benzene rings is 1. The molecule has 0 fully saturated rings. The molecule has 0 aliphatic rings. The Bertz CT molecular complexity index is 357. The van der Waals surface area contributed by atoms with Crippen LogP contribution in [0, 0.1) is 4.91 Å². The van der Waals surface area contributed by atoms with Crippen LogP contribution in [0.2, 0.25) is 0 Å². The Kier molecular flexibility index (Phi) is 4.22. The van der Waals surface area contributed by atoms with E-state index >= 15 is 0 Å². The number of carbonyl (C=O) groups is 1. The van der Waals surface area contributed by atoms with Crippen LogP contribution in [0.1, 0.15) is 5.56 Å². The van der Waals surface area contributed by atoms with E-state index < -0.39 is 5.91 Å². The van der Waals surface area contributed by atoms with E-state index in [0.29, 0.717) is 5.75 Å². The van der Waals surface area contributed by atoms with Gasteiger partial charge < -0.3 is 4.74 Å². The summed E-state index contributed by atoms with van der Waals surface area (Å²) < 4.78 is 5.02. The monoisotopic (exact) mass is 205 g/mol. The second-order valence-corrected chi connectivity index (χ2v) is 2.91. The molecule has 0 radical (unpaired) electrons. The number of rotatable bonds is 5. The van der Waals surface area contributed by atoms with Crippen molar-refractivity contribution < 1.29 is 9.53 Å². The van der Waals surface area contributed by atoms with Crippen molar-refractivity contribution in [2.75, 3.05) is 6.61 Å². The molecule has 0 saturated carbocycles. The molecular weight excluding hydrogens is 194 g/mol. The van der Waals surface area contributed by atoms with Crippen LogP contribution < -0.4 is 4.74 Å². The SMILES string of the molecule is C=CCc1ccc(OCC(=O)N=O)cc1. The highest BCUT2D eigenvalue weighted by atomic mass is 16.5. The van der Waals surface area contributed by atoms with Crippen molar-refractivity contribution in [3.8, 4) is 5.75 Å². The lowest BCUT2D eigenvalue weighted by Crippen LogP contribution is -2.07. The maximum atomic E-state index is 10.5. The number of amides is 1. The van der Waals surface area contributed by atoms with E-state index in [1.165, 1.54) is 0 Å². The molecule has 1 aromatic rings. The first-order valence-electron chi connectivity index (χ1n) is 4.45. The number of allylic oxidation sites excluding steroid dienone is 1. The maximum Gasteiger partial charge on any atom is 0.323 e. The summed E-state index contributed by atoms with van der Waals surface area (Å²) in [7, 11) is 0. The molecule has 0 aliphatic heterocycles. The van der Waals surface area contributed by atoms with Crippen LogP contribution in [0.3, 0.4) is 0 Å². The molecule has 15 heavy (non-hydrogen) atoms. The van der Waals surface area contributed by atoms with E-state index in [9.17, 15) is 9.70 Å². The van der Waals surface area contributed by atoms with Crippen LogP contribution in [0.5, 0.6) is 5.75 Å². The van der Waals surface area contributed by atoms with Crippen molar-refractivity contribution in [1.82, 2.24) is 0 Å². The smallest absolute Gasteiger partial charge is 0.323 e. The molecule has 0 heterocycles.